The second kappa shape index (κ2) is 4.84. The summed E-state index contributed by atoms with van der Waals surface area (Å²) in [6.07, 6.45) is 0. The van der Waals surface area contributed by atoms with E-state index in [0.29, 0.717) is 18.8 Å². The Kier molecular flexibility index (Phi) is 3.46. The average Bonchev–Trinajstić information content (AvgIpc) is 2.30. The lowest BCUT2D eigenvalue weighted by Crippen LogP contribution is -2.36. The summed E-state index contributed by atoms with van der Waals surface area (Å²) in [5, 5.41) is 8.94. The quantitative estimate of drug-likeness (QED) is 0.903. The van der Waals surface area contributed by atoms with Gasteiger partial charge in [-0.05, 0) is 34.1 Å². The van der Waals surface area contributed by atoms with E-state index in [2.05, 4.69) is 20.8 Å². The molecule has 0 spiro atoms. The van der Waals surface area contributed by atoms with Crippen molar-refractivity contribution in [3.63, 3.8) is 0 Å². The van der Waals surface area contributed by atoms with Crippen molar-refractivity contribution < 1.29 is 14.6 Å². The summed E-state index contributed by atoms with van der Waals surface area (Å²) in [5.74, 6) is -0.901. The summed E-state index contributed by atoms with van der Waals surface area (Å²) in [5.41, 5.74) is 1.23. The van der Waals surface area contributed by atoms with Crippen LogP contribution in [0.5, 0.6) is 0 Å². The van der Waals surface area contributed by atoms with Gasteiger partial charge in [-0.25, -0.2) is 4.79 Å². The highest BCUT2D eigenvalue weighted by atomic mass is 79.9. The van der Waals surface area contributed by atoms with E-state index in [1.165, 1.54) is 0 Å². The molecule has 1 heterocycles. The van der Waals surface area contributed by atoms with Gasteiger partial charge in [0.05, 0.1) is 24.5 Å². The monoisotopic (exact) mass is 285 g/mol. The number of nitrogens with zero attached hydrogens (tertiary/aromatic N) is 1. The number of benzene rings is 1. The van der Waals surface area contributed by atoms with Gasteiger partial charge in [0.25, 0.3) is 0 Å². The van der Waals surface area contributed by atoms with Crippen molar-refractivity contribution in [1.82, 2.24) is 0 Å². The maximum atomic E-state index is 10.9. The van der Waals surface area contributed by atoms with Crippen LogP contribution in [0, 0.1) is 0 Å². The van der Waals surface area contributed by atoms with Crippen molar-refractivity contribution in [2.45, 2.75) is 0 Å². The molecule has 5 heteroatoms. The van der Waals surface area contributed by atoms with Crippen molar-refractivity contribution in [2.75, 3.05) is 31.2 Å². The first kappa shape index (κ1) is 11.4. The van der Waals surface area contributed by atoms with Gasteiger partial charge >= 0.3 is 5.97 Å². The molecule has 1 saturated heterocycles. The minimum Gasteiger partial charge on any atom is -0.478 e. The Morgan fingerprint density at radius 1 is 1.38 bits per heavy atom. The third-order valence-electron chi connectivity index (χ3n) is 2.54. The molecule has 0 atom stereocenters. The van der Waals surface area contributed by atoms with Gasteiger partial charge < -0.3 is 14.7 Å². The van der Waals surface area contributed by atoms with Crippen molar-refractivity contribution >= 4 is 27.6 Å². The highest BCUT2D eigenvalue weighted by Crippen LogP contribution is 2.28. The van der Waals surface area contributed by atoms with Gasteiger partial charge in [-0.3, -0.25) is 0 Å². The maximum absolute atomic E-state index is 10.9. The number of carbonyl (C=O) groups is 1. The Morgan fingerprint density at radius 3 is 2.69 bits per heavy atom. The molecular formula is C11H12BrNO3. The van der Waals surface area contributed by atoms with Crippen LogP contribution in [-0.2, 0) is 4.74 Å². The SMILES string of the molecule is O=C(O)c1ccc(Br)c(N2CCOCC2)c1. The van der Waals surface area contributed by atoms with E-state index < -0.39 is 5.97 Å². The van der Waals surface area contributed by atoms with E-state index in [-0.39, 0.29) is 0 Å². The molecule has 1 fully saturated rings. The Hall–Kier alpha value is -1.07. The summed E-state index contributed by atoms with van der Waals surface area (Å²) in [6.45, 7) is 2.96. The smallest absolute Gasteiger partial charge is 0.335 e. The molecule has 1 N–H and O–H groups in total. The molecule has 0 radical (unpaired) electrons. The number of carboxylic acid groups (broad SMARTS) is 1. The molecule has 86 valence electrons. The molecule has 0 aliphatic carbocycles. The van der Waals surface area contributed by atoms with E-state index >= 15 is 0 Å². The summed E-state index contributed by atoms with van der Waals surface area (Å²) in [4.78, 5) is 13.0. The van der Waals surface area contributed by atoms with E-state index in [1.54, 1.807) is 18.2 Å². The van der Waals surface area contributed by atoms with E-state index in [1.807, 2.05) is 0 Å². The van der Waals surface area contributed by atoms with E-state index in [0.717, 1.165) is 23.2 Å². The minimum atomic E-state index is -0.901. The van der Waals surface area contributed by atoms with Crippen molar-refractivity contribution in [3.05, 3.63) is 28.2 Å². The lowest BCUT2D eigenvalue weighted by atomic mass is 10.2. The van der Waals surface area contributed by atoms with Crippen molar-refractivity contribution in [2.24, 2.45) is 0 Å². The van der Waals surface area contributed by atoms with Gasteiger partial charge in [0, 0.05) is 17.6 Å². The number of morpholine rings is 1. The average molecular weight is 286 g/mol. The molecule has 2 rings (SSSR count). The molecule has 0 unspecified atom stereocenters. The summed E-state index contributed by atoms with van der Waals surface area (Å²) in [6, 6.07) is 5.06. The standard InChI is InChI=1S/C11H12BrNO3/c12-9-2-1-8(11(14)15)7-10(9)13-3-5-16-6-4-13/h1-2,7H,3-6H2,(H,14,15). The molecule has 0 aromatic heterocycles. The number of rotatable bonds is 2. The van der Waals surface area contributed by atoms with Crippen LogP contribution in [0.15, 0.2) is 22.7 Å². The van der Waals surface area contributed by atoms with Crippen LogP contribution < -0.4 is 4.90 Å². The van der Waals surface area contributed by atoms with Gasteiger partial charge in [-0.15, -0.1) is 0 Å². The third-order valence-corrected chi connectivity index (χ3v) is 3.22. The van der Waals surface area contributed by atoms with Crippen LogP contribution >= 0.6 is 15.9 Å². The zero-order valence-electron chi connectivity index (χ0n) is 8.65. The fourth-order valence-electron chi connectivity index (χ4n) is 1.69. The number of anilines is 1. The number of carboxylic acids is 1. The first-order valence-corrected chi connectivity index (χ1v) is 5.83. The Balaban J connectivity index is 2.30. The van der Waals surface area contributed by atoms with Crippen LogP contribution in [0.25, 0.3) is 0 Å². The first-order chi connectivity index (χ1) is 7.68. The van der Waals surface area contributed by atoms with Crippen LogP contribution in [0.2, 0.25) is 0 Å². The van der Waals surface area contributed by atoms with Crippen LogP contribution in [0.4, 0.5) is 5.69 Å². The highest BCUT2D eigenvalue weighted by Gasteiger charge is 2.15. The van der Waals surface area contributed by atoms with Crippen LogP contribution in [0.3, 0.4) is 0 Å². The molecule has 1 aromatic rings. The van der Waals surface area contributed by atoms with Crippen LogP contribution in [-0.4, -0.2) is 37.4 Å². The molecule has 16 heavy (non-hydrogen) atoms. The van der Waals surface area contributed by atoms with Gasteiger partial charge in [0.15, 0.2) is 0 Å². The van der Waals surface area contributed by atoms with Crippen LogP contribution in [0.1, 0.15) is 10.4 Å². The largest absolute Gasteiger partial charge is 0.478 e. The predicted octanol–water partition coefficient (Wildman–Crippen LogP) is 1.98. The molecule has 0 bridgehead atoms. The summed E-state index contributed by atoms with van der Waals surface area (Å²) >= 11 is 3.44. The molecule has 0 saturated carbocycles. The van der Waals surface area contributed by atoms with Gasteiger partial charge in [0.2, 0.25) is 0 Å². The first-order valence-electron chi connectivity index (χ1n) is 5.04. The molecule has 0 amide bonds. The Bertz CT molecular complexity index is 402. The zero-order chi connectivity index (χ0) is 11.5. The minimum absolute atomic E-state index is 0.310. The van der Waals surface area contributed by atoms with E-state index in [9.17, 15) is 4.79 Å². The topological polar surface area (TPSA) is 49.8 Å². The fourth-order valence-corrected chi connectivity index (χ4v) is 2.19. The maximum Gasteiger partial charge on any atom is 0.335 e. The Morgan fingerprint density at radius 2 is 2.06 bits per heavy atom. The van der Waals surface area contributed by atoms with Crippen molar-refractivity contribution in [1.29, 1.82) is 0 Å². The number of hydrogen-bond acceptors (Lipinski definition) is 3. The zero-order valence-corrected chi connectivity index (χ0v) is 10.2. The molecular weight excluding hydrogens is 274 g/mol. The highest BCUT2D eigenvalue weighted by molar-refractivity contribution is 9.10. The van der Waals surface area contributed by atoms with Gasteiger partial charge in [-0.2, -0.15) is 0 Å². The summed E-state index contributed by atoms with van der Waals surface area (Å²) in [7, 11) is 0. The molecule has 1 aromatic carbocycles. The molecule has 4 nitrogen and oxygen atoms in total. The predicted molar refractivity (Wildman–Crippen MR) is 64.1 cm³/mol. The third kappa shape index (κ3) is 2.36. The number of aromatic carboxylic acids is 1. The molecule has 1 aliphatic rings. The number of hydrogen-bond donors (Lipinski definition) is 1. The Labute approximate surface area is 102 Å². The normalized spacial score (nSPS) is 16.2. The summed E-state index contributed by atoms with van der Waals surface area (Å²) < 4.78 is 6.18. The van der Waals surface area contributed by atoms with E-state index in [4.69, 9.17) is 9.84 Å². The van der Waals surface area contributed by atoms with Crippen molar-refractivity contribution in [3.8, 4) is 0 Å². The van der Waals surface area contributed by atoms with Gasteiger partial charge in [0.1, 0.15) is 0 Å². The molecule has 1 aliphatic heterocycles. The fraction of sp³-hybridized carbons (Fsp3) is 0.364. The number of halogens is 1. The second-order valence-electron chi connectivity index (χ2n) is 3.57. The second-order valence-corrected chi connectivity index (χ2v) is 4.43. The lowest BCUT2D eigenvalue weighted by Gasteiger charge is -2.29. The van der Waals surface area contributed by atoms with Gasteiger partial charge in [-0.1, -0.05) is 0 Å². The number of ether oxygens (including phenoxy) is 1. The lowest BCUT2D eigenvalue weighted by molar-refractivity contribution is 0.0697.